The SMILES string of the molecule is Cc1ccc(C(C)NC2CCOC3(CCOC3)C2)c(C)n1. The van der Waals surface area contributed by atoms with Gasteiger partial charge < -0.3 is 14.8 Å². The van der Waals surface area contributed by atoms with Gasteiger partial charge in [0.1, 0.15) is 0 Å². The summed E-state index contributed by atoms with van der Waals surface area (Å²) in [7, 11) is 0. The van der Waals surface area contributed by atoms with Crippen LogP contribution >= 0.6 is 0 Å². The van der Waals surface area contributed by atoms with Crippen LogP contribution in [-0.2, 0) is 9.47 Å². The first-order chi connectivity index (χ1) is 10.1. The highest BCUT2D eigenvalue weighted by Gasteiger charge is 2.41. The van der Waals surface area contributed by atoms with Gasteiger partial charge in [-0.25, -0.2) is 0 Å². The summed E-state index contributed by atoms with van der Waals surface area (Å²) in [5.41, 5.74) is 3.47. The van der Waals surface area contributed by atoms with Crippen molar-refractivity contribution in [3.63, 3.8) is 0 Å². The maximum Gasteiger partial charge on any atom is 0.0951 e. The molecule has 1 aromatic heterocycles. The molecule has 3 atom stereocenters. The summed E-state index contributed by atoms with van der Waals surface area (Å²) in [5, 5.41) is 3.77. The van der Waals surface area contributed by atoms with Crippen molar-refractivity contribution in [2.45, 2.75) is 57.7 Å². The molecule has 2 aliphatic heterocycles. The van der Waals surface area contributed by atoms with Crippen molar-refractivity contribution in [1.29, 1.82) is 0 Å². The summed E-state index contributed by atoms with van der Waals surface area (Å²) in [5.74, 6) is 0. The lowest BCUT2D eigenvalue weighted by molar-refractivity contribution is -0.0902. The van der Waals surface area contributed by atoms with Crippen LogP contribution in [0, 0.1) is 13.8 Å². The van der Waals surface area contributed by atoms with Crippen LogP contribution in [-0.4, -0.2) is 36.4 Å². The predicted molar refractivity (Wildman–Crippen MR) is 82.4 cm³/mol. The molecule has 2 saturated heterocycles. The maximum absolute atomic E-state index is 6.01. The summed E-state index contributed by atoms with van der Waals surface area (Å²) < 4.78 is 11.6. The van der Waals surface area contributed by atoms with Crippen molar-refractivity contribution in [3.05, 3.63) is 29.1 Å². The number of nitrogens with zero attached hydrogens (tertiary/aromatic N) is 1. The molecule has 2 aliphatic rings. The Balaban J connectivity index is 1.65. The van der Waals surface area contributed by atoms with E-state index in [0.29, 0.717) is 12.1 Å². The molecule has 2 fully saturated rings. The van der Waals surface area contributed by atoms with Crippen molar-refractivity contribution < 1.29 is 9.47 Å². The lowest BCUT2D eigenvalue weighted by Crippen LogP contribution is -2.48. The number of hydrogen-bond donors (Lipinski definition) is 1. The molecular weight excluding hydrogens is 264 g/mol. The van der Waals surface area contributed by atoms with Gasteiger partial charge in [0, 0.05) is 43.1 Å². The average molecular weight is 290 g/mol. The monoisotopic (exact) mass is 290 g/mol. The Kier molecular flexibility index (Phi) is 4.29. The van der Waals surface area contributed by atoms with Gasteiger partial charge in [0.25, 0.3) is 0 Å². The molecule has 0 saturated carbocycles. The second-order valence-electron chi connectivity index (χ2n) is 6.54. The lowest BCUT2D eigenvalue weighted by Gasteiger charge is -2.38. The van der Waals surface area contributed by atoms with Gasteiger partial charge in [-0.15, -0.1) is 0 Å². The van der Waals surface area contributed by atoms with E-state index in [1.165, 1.54) is 5.56 Å². The van der Waals surface area contributed by atoms with E-state index >= 15 is 0 Å². The van der Waals surface area contributed by atoms with Crippen molar-refractivity contribution in [1.82, 2.24) is 10.3 Å². The summed E-state index contributed by atoms with van der Waals surface area (Å²) >= 11 is 0. The minimum Gasteiger partial charge on any atom is -0.378 e. The number of rotatable bonds is 3. The molecule has 3 rings (SSSR count). The smallest absolute Gasteiger partial charge is 0.0951 e. The topological polar surface area (TPSA) is 43.4 Å². The van der Waals surface area contributed by atoms with Crippen molar-refractivity contribution >= 4 is 0 Å². The van der Waals surface area contributed by atoms with E-state index in [1.54, 1.807) is 0 Å². The summed E-state index contributed by atoms with van der Waals surface area (Å²) in [6.45, 7) is 8.79. The van der Waals surface area contributed by atoms with E-state index in [1.807, 2.05) is 6.92 Å². The van der Waals surface area contributed by atoms with Gasteiger partial charge in [-0.1, -0.05) is 6.07 Å². The van der Waals surface area contributed by atoms with Crippen molar-refractivity contribution in [2.24, 2.45) is 0 Å². The third kappa shape index (κ3) is 3.28. The molecule has 3 unspecified atom stereocenters. The normalized spacial score (nSPS) is 30.7. The van der Waals surface area contributed by atoms with E-state index in [9.17, 15) is 0 Å². The first-order valence-corrected chi connectivity index (χ1v) is 8.00. The number of pyridine rings is 1. The van der Waals surface area contributed by atoms with Crippen LogP contribution < -0.4 is 5.32 Å². The molecule has 0 radical (unpaired) electrons. The van der Waals surface area contributed by atoms with Gasteiger partial charge in [-0.3, -0.25) is 4.98 Å². The molecule has 4 nitrogen and oxygen atoms in total. The fourth-order valence-electron chi connectivity index (χ4n) is 3.63. The molecule has 1 spiro atoms. The zero-order valence-electron chi connectivity index (χ0n) is 13.3. The number of ether oxygens (including phenoxy) is 2. The van der Waals surface area contributed by atoms with Crippen LogP contribution in [0.3, 0.4) is 0 Å². The fourth-order valence-corrected chi connectivity index (χ4v) is 3.63. The largest absolute Gasteiger partial charge is 0.378 e. The lowest BCUT2D eigenvalue weighted by atomic mass is 9.89. The molecule has 4 heteroatoms. The van der Waals surface area contributed by atoms with E-state index in [0.717, 1.165) is 50.5 Å². The van der Waals surface area contributed by atoms with Gasteiger partial charge >= 0.3 is 0 Å². The third-order valence-electron chi connectivity index (χ3n) is 4.78. The number of nitrogens with one attached hydrogen (secondary N) is 1. The summed E-state index contributed by atoms with van der Waals surface area (Å²) in [6.07, 6.45) is 3.16. The Morgan fingerprint density at radius 3 is 2.90 bits per heavy atom. The van der Waals surface area contributed by atoms with Gasteiger partial charge in [0.05, 0.1) is 12.2 Å². The molecule has 0 aromatic carbocycles. The molecule has 0 amide bonds. The first-order valence-electron chi connectivity index (χ1n) is 8.00. The Hall–Kier alpha value is -0.970. The van der Waals surface area contributed by atoms with Gasteiger partial charge in [0.15, 0.2) is 0 Å². The molecule has 3 heterocycles. The Morgan fingerprint density at radius 2 is 2.19 bits per heavy atom. The quantitative estimate of drug-likeness (QED) is 0.929. The second kappa shape index (κ2) is 6.03. The van der Waals surface area contributed by atoms with Crippen LogP contribution in [0.15, 0.2) is 12.1 Å². The Morgan fingerprint density at radius 1 is 1.33 bits per heavy atom. The highest BCUT2D eigenvalue weighted by Crippen LogP contribution is 2.33. The van der Waals surface area contributed by atoms with Crippen LogP contribution in [0.5, 0.6) is 0 Å². The summed E-state index contributed by atoms with van der Waals surface area (Å²) in [4.78, 5) is 4.57. The van der Waals surface area contributed by atoms with Crippen LogP contribution in [0.25, 0.3) is 0 Å². The number of aryl methyl sites for hydroxylation is 2. The second-order valence-corrected chi connectivity index (χ2v) is 6.54. The average Bonchev–Trinajstić information content (AvgIpc) is 2.86. The first kappa shape index (κ1) is 14.9. The van der Waals surface area contributed by atoms with Gasteiger partial charge in [-0.2, -0.15) is 0 Å². The molecule has 116 valence electrons. The minimum absolute atomic E-state index is 0.0315. The molecule has 0 aliphatic carbocycles. The van der Waals surface area contributed by atoms with Crippen molar-refractivity contribution in [3.8, 4) is 0 Å². The maximum atomic E-state index is 6.01. The highest BCUT2D eigenvalue weighted by atomic mass is 16.6. The van der Waals surface area contributed by atoms with Gasteiger partial charge in [0.2, 0.25) is 0 Å². The predicted octanol–water partition coefficient (Wildman–Crippen LogP) is 2.69. The standard InChI is InChI=1S/C17H26N2O2/c1-12-4-5-16(13(2)18-12)14(3)19-15-6-8-21-17(10-15)7-9-20-11-17/h4-5,14-15,19H,6-11H2,1-3H3. The number of hydrogen-bond acceptors (Lipinski definition) is 4. The highest BCUT2D eigenvalue weighted by molar-refractivity contribution is 5.24. The van der Waals surface area contributed by atoms with Crippen LogP contribution in [0.4, 0.5) is 0 Å². The number of aromatic nitrogens is 1. The van der Waals surface area contributed by atoms with Crippen LogP contribution in [0.2, 0.25) is 0 Å². The molecular formula is C17H26N2O2. The van der Waals surface area contributed by atoms with E-state index in [-0.39, 0.29) is 5.60 Å². The zero-order valence-corrected chi connectivity index (χ0v) is 13.3. The van der Waals surface area contributed by atoms with E-state index in [2.05, 4.69) is 36.3 Å². The zero-order chi connectivity index (χ0) is 14.9. The molecule has 21 heavy (non-hydrogen) atoms. The van der Waals surface area contributed by atoms with E-state index in [4.69, 9.17) is 9.47 Å². The Bertz CT molecular complexity index is 498. The fraction of sp³-hybridized carbons (Fsp3) is 0.706. The minimum atomic E-state index is -0.0315. The summed E-state index contributed by atoms with van der Waals surface area (Å²) in [6, 6.07) is 5.11. The molecule has 1 aromatic rings. The van der Waals surface area contributed by atoms with Crippen LogP contribution in [0.1, 0.15) is 49.2 Å². The third-order valence-corrected chi connectivity index (χ3v) is 4.78. The van der Waals surface area contributed by atoms with Gasteiger partial charge in [-0.05, 0) is 45.2 Å². The molecule has 0 bridgehead atoms. The molecule has 1 N–H and O–H groups in total. The Labute approximate surface area is 127 Å². The van der Waals surface area contributed by atoms with E-state index < -0.39 is 0 Å². The van der Waals surface area contributed by atoms with Crippen molar-refractivity contribution in [2.75, 3.05) is 19.8 Å².